The number of hydrogen-bond donors (Lipinski definition) is 1. The maximum atomic E-state index is 12.8. The summed E-state index contributed by atoms with van der Waals surface area (Å²) in [4.78, 5) is 0.943. The number of methoxy groups -OCH3 is 1. The predicted octanol–water partition coefficient (Wildman–Crippen LogP) is 4.28. The molecular weight excluding hydrogens is 287 g/mol. The molecule has 0 radical (unpaired) electrons. The molecule has 0 aliphatic rings. The van der Waals surface area contributed by atoms with Crippen molar-refractivity contribution >= 4 is 11.8 Å². The third kappa shape index (κ3) is 3.99. The third-order valence-corrected chi connectivity index (χ3v) is 4.45. The second kappa shape index (κ2) is 6.96. The standard InChI is InChI=1S/C17H19FO2S/c1-11-9-17(20-3)12(2)8-15(11)16(19)10-21-14-6-4-13(18)5-7-14/h4-9,16,19H,10H2,1-3H3. The lowest BCUT2D eigenvalue weighted by molar-refractivity contribution is 0.203. The minimum atomic E-state index is -0.565. The monoisotopic (exact) mass is 306 g/mol. The highest BCUT2D eigenvalue weighted by Crippen LogP contribution is 2.30. The molecule has 0 spiro atoms. The van der Waals surface area contributed by atoms with Crippen molar-refractivity contribution in [2.24, 2.45) is 0 Å². The van der Waals surface area contributed by atoms with E-state index in [0.717, 1.165) is 27.3 Å². The Kier molecular flexibility index (Phi) is 5.26. The van der Waals surface area contributed by atoms with Gasteiger partial charge in [0.1, 0.15) is 11.6 Å². The Bertz CT molecular complexity index is 611. The van der Waals surface area contributed by atoms with Crippen LogP contribution in [-0.4, -0.2) is 18.0 Å². The van der Waals surface area contributed by atoms with E-state index in [-0.39, 0.29) is 5.82 Å². The van der Waals surface area contributed by atoms with Gasteiger partial charge in [-0.3, -0.25) is 0 Å². The second-order valence-electron chi connectivity index (χ2n) is 4.96. The molecule has 0 fully saturated rings. The van der Waals surface area contributed by atoms with Gasteiger partial charge in [-0.05, 0) is 66.9 Å². The molecule has 2 aromatic carbocycles. The molecule has 112 valence electrons. The van der Waals surface area contributed by atoms with Gasteiger partial charge in [0.15, 0.2) is 0 Å². The second-order valence-corrected chi connectivity index (χ2v) is 6.05. The summed E-state index contributed by atoms with van der Waals surface area (Å²) < 4.78 is 18.1. The first-order chi connectivity index (χ1) is 10.0. The van der Waals surface area contributed by atoms with Gasteiger partial charge in [0.2, 0.25) is 0 Å². The van der Waals surface area contributed by atoms with Gasteiger partial charge in [0.05, 0.1) is 13.2 Å². The molecule has 0 aliphatic carbocycles. The fourth-order valence-electron chi connectivity index (χ4n) is 2.19. The van der Waals surface area contributed by atoms with Gasteiger partial charge in [-0.15, -0.1) is 11.8 Å². The highest BCUT2D eigenvalue weighted by molar-refractivity contribution is 7.99. The van der Waals surface area contributed by atoms with Gasteiger partial charge < -0.3 is 9.84 Å². The van der Waals surface area contributed by atoms with Crippen molar-refractivity contribution in [3.63, 3.8) is 0 Å². The van der Waals surface area contributed by atoms with Gasteiger partial charge in [0.25, 0.3) is 0 Å². The van der Waals surface area contributed by atoms with E-state index < -0.39 is 6.10 Å². The lowest BCUT2D eigenvalue weighted by Gasteiger charge is -2.16. The summed E-state index contributed by atoms with van der Waals surface area (Å²) in [5.74, 6) is 1.11. The van der Waals surface area contributed by atoms with Crippen LogP contribution in [0.4, 0.5) is 4.39 Å². The van der Waals surface area contributed by atoms with Gasteiger partial charge in [-0.2, -0.15) is 0 Å². The predicted molar refractivity (Wildman–Crippen MR) is 84.6 cm³/mol. The Hall–Kier alpha value is -1.52. The first kappa shape index (κ1) is 15.9. The van der Waals surface area contributed by atoms with Crippen LogP contribution in [0.1, 0.15) is 22.8 Å². The van der Waals surface area contributed by atoms with E-state index in [1.807, 2.05) is 26.0 Å². The topological polar surface area (TPSA) is 29.5 Å². The minimum Gasteiger partial charge on any atom is -0.496 e. The average molecular weight is 306 g/mol. The molecule has 0 amide bonds. The van der Waals surface area contributed by atoms with Crippen LogP contribution in [0.25, 0.3) is 0 Å². The van der Waals surface area contributed by atoms with Crippen LogP contribution in [0.2, 0.25) is 0 Å². The lowest BCUT2D eigenvalue weighted by Crippen LogP contribution is -2.04. The number of rotatable bonds is 5. The number of aliphatic hydroxyl groups is 1. The fraction of sp³-hybridized carbons (Fsp3) is 0.294. The van der Waals surface area contributed by atoms with Crippen molar-refractivity contribution in [3.8, 4) is 5.75 Å². The van der Waals surface area contributed by atoms with Gasteiger partial charge in [0, 0.05) is 10.6 Å². The highest BCUT2D eigenvalue weighted by Gasteiger charge is 2.13. The first-order valence-corrected chi connectivity index (χ1v) is 7.71. The summed E-state index contributed by atoms with van der Waals surface area (Å²) in [5, 5.41) is 10.4. The molecule has 0 saturated carbocycles. The van der Waals surface area contributed by atoms with Gasteiger partial charge in [-0.25, -0.2) is 4.39 Å². The number of aliphatic hydroxyl groups excluding tert-OH is 1. The highest BCUT2D eigenvalue weighted by atomic mass is 32.2. The van der Waals surface area contributed by atoms with E-state index in [2.05, 4.69) is 0 Å². The Balaban J connectivity index is 2.08. The van der Waals surface area contributed by atoms with Crippen LogP contribution in [0.3, 0.4) is 0 Å². The molecule has 2 rings (SSSR count). The van der Waals surface area contributed by atoms with Gasteiger partial charge in [-0.1, -0.05) is 0 Å². The van der Waals surface area contributed by atoms with E-state index in [1.165, 1.54) is 23.9 Å². The van der Waals surface area contributed by atoms with Crippen LogP contribution in [0.5, 0.6) is 5.75 Å². The number of halogens is 1. The maximum Gasteiger partial charge on any atom is 0.123 e. The van der Waals surface area contributed by atoms with Crippen LogP contribution in [0.15, 0.2) is 41.3 Å². The molecule has 1 unspecified atom stereocenters. The zero-order valence-corrected chi connectivity index (χ0v) is 13.2. The van der Waals surface area contributed by atoms with Crippen molar-refractivity contribution in [3.05, 3.63) is 58.9 Å². The summed E-state index contributed by atoms with van der Waals surface area (Å²) in [6, 6.07) is 10.2. The zero-order valence-electron chi connectivity index (χ0n) is 12.4. The first-order valence-electron chi connectivity index (χ1n) is 6.73. The number of benzene rings is 2. The normalized spacial score (nSPS) is 12.2. The zero-order chi connectivity index (χ0) is 15.4. The van der Waals surface area contributed by atoms with Crippen molar-refractivity contribution in [1.82, 2.24) is 0 Å². The molecule has 2 aromatic rings. The summed E-state index contributed by atoms with van der Waals surface area (Å²) in [7, 11) is 1.64. The molecule has 1 atom stereocenters. The smallest absolute Gasteiger partial charge is 0.123 e. The lowest BCUT2D eigenvalue weighted by atomic mass is 10.0. The number of thioether (sulfide) groups is 1. The number of aryl methyl sites for hydroxylation is 2. The molecule has 0 aliphatic heterocycles. The summed E-state index contributed by atoms with van der Waals surface area (Å²) in [6.07, 6.45) is -0.565. The number of ether oxygens (including phenoxy) is 1. The van der Waals surface area contributed by atoms with Crippen LogP contribution >= 0.6 is 11.8 Å². The molecule has 0 bridgehead atoms. The third-order valence-electron chi connectivity index (χ3n) is 3.36. The minimum absolute atomic E-state index is 0.249. The summed E-state index contributed by atoms with van der Waals surface area (Å²) in [5.41, 5.74) is 2.91. The SMILES string of the molecule is COc1cc(C)c(C(O)CSc2ccc(F)cc2)cc1C. The van der Waals surface area contributed by atoms with Crippen molar-refractivity contribution in [1.29, 1.82) is 0 Å². The molecule has 0 heterocycles. The molecule has 2 nitrogen and oxygen atoms in total. The fourth-order valence-corrected chi connectivity index (χ4v) is 3.05. The van der Waals surface area contributed by atoms with E-state index in [1.54, 1.807) is 19.2 Å². The molecule has 4 heteroatoms. The summed E-state index contributed by atoms with van der Waals surface area (Å²) >= 11 is 1.51. The van der Waals surface area contributed by atoms with Crippen LogP contribution in [0, 0.1) is 19.7 Å². The molecular formula is C17H19FO2S. The Labute approximate surface area is 129 Å². The summed E-state index contributed by atoms with van der Waals surface area (Å²) in [6.45, 7) is 3.92. The van der Waals surface area contributed by atoms with Crippen LogP contribution < -0.4 is 4.74 Å². The van der Waals surface area contributed by atoms with Crippen molar-refractivity contribution < 1.29 is 14.2 Å². The van der Waals surface area contributed by atoms with Crippen molar-refractivity contribution in [2.75, 3.05) is 12.9 Å². The molecule has 0 saturated heterocycles. The average Bonchev–Trinajstić information content (AvgIpc) is 2.48. The van der Waals surface area contributed by atoms with Crippen LogP contribution in [-0.2, 0) is 0 Å². The van der Waals surface area contributed by atoms with E-state index in [4.69, 9.17) is 4.74 Å². The Morgan fingerprint density at radius 3 is 2.43 bits per heavy atom. The molecule has 1 N–H and O–H groups in total. The quantitative estimate of drug-likeness (QED) is 0.836. The molecule has 21 heavy (non-hydrogen) atoms. The molecule has 0 aromatic heterocycles. The van der Waals surface area contributed by atoms with Gasteiger partial charge >= 0.3 is 0 Å². The Morgan fingerprint density at radius 2 is 1.81 bits per heavy atom. The van der Waals surface area contributed by atoms with E-state index in [0.29, 0.717) is 5.75 Å². The number of hydrogen-bond acceptors (Lipinski definition) is 3. The van der Waals surface area contributed by atoms with E-state index in [9.17, 15) is 9.50 Å². The van der Waals surface area contributed by atoms with E-state index >= 15 is 0 Å². The maximum absolute atomic E-state index is 12.8. The largest absolute Gasteiger partial charge is 0.496 e. The van der Waals surface area contributed by atoms with Crippen molar-refractivity contribution in [2.45, 2.75) is 24.8 Å². The Morgan fingerprint density at radius 1 is 1.14 bits per heavy atom.